The van der Waals surface area contributed by atoms with E-state index in [0.29, 0.717) is 30.1 Å². The Bertz CT molecular complexity index is 1080. The molecule has 2 aromatic carbocycles. The van der Waals surface area contributed by atoms with Crippen molar-refractivity contribution in [1.29, 1.82) is 0 Å². The highest BCUT2D eigenvalue weighted by atomic mass is 19.1. The maximum Gasteiger partial charge on any atom is 0.270 e. The van der Waals surface area contributed by atoms with Crippen molar-refractivity contribution in [3.63, 3.8) is 0 Å². The molecule has 0 radical (unpaired) electrons. The second-order valence-electron chi connectivity index (χ2n) is 7.34. The second kappa shape index (κ2) is 8.99. The standard InChI is InChI=1S/C23H23FN4O3/c1-31-18-11-5-15(6-12-18)20-14-21(28(27-20)17-9-7-16(24)8-10-17)23(30)26-19-4-2-3-13-25-22(19)29/h5-12,14,19H,2-4,13H2,1H3,(H,25,29)(H,26,30). The molecule has 0 bridgehead atoms. The first-order valence-corrected chi connectivity index (χ1v) is 10.1. The maximum absolute atomic E-state index is 13.4. The molecule has 1 fully saturated rings. The summed E-state index contributed by atoms with van der Waals surface area (Å²) in [5.41, 5.74) is 2.16. The average molecular weight is 422 g/mol. The van der Waals surface area contributed by atoms with Crippen molar-refractivity contribution < 1.29 is 18.7 Å². The molecule has 1 saturated heterocycles. The van der Waals surface area contributed by atoms with Gasteiger partial charge in [-0.3, -0.25) is 9.59 Å². The quantitative estimate of drug-likeness (QED) is 0.662. The number of rotatable bonds is 5. The smallest absolute Gasteiger partial charge is 0.270 e. The zero-order chi connectivity index (χ0) is 21.8. The van der Waals surface area contributed by atoms with Crippen LogP contribution in [0.15, 0.2) is 54.6 Å². The van der Waals surface area contributed by atoms with Crippen molar-refractivity contribution in [2.75, 3.05) is 13.7 Å². The minimum atomic E-state index is -0.601. The van der Waals surface area contributed by atoms with Gasteiger partial charge in [-0.25, -0.2) is 9.07 Å². The molecule has 2 amide bonds. The van der Waals surface area contributed by atoms with Crippen LogP contribution < -0.4 is 15.4 Å². The largest absolute Gasteiger partial charge is 0.497 e. The summed E-state index contributed by atoms with van der Waals surface area (Å²) in [5.74, 6) is -0.279. The fourth-order valence-corrected chi connectivity index (χ4v) is 3.53. The zero-order valence-electron chi connectivity index (χ0n) is 17.1. The molecule has 0 spiro atoms. The van der Waals surface area contributed by atoms with Gasteiger partial charge in [0.15, 0.2) is 0 Å². The molecule has 3 aromatic rings. The Kier molecular flexibility index (Phi) is 5.97. The number of amides is 2. The van der Waals surface area contributed by atoms with Crippen LogP contribution in [0.4, 0.5) is 4.39 Å². The third-order valence-corrected chi connectivity index (χ3v) is 5.24. The van der Waals surface area contributed by atoms with Crippen molar-refractivity contribution >= 4 is 11.8 Å². The van der Waals surface area contributed by atoms with Crippen molar-refractivity contribution in [2.45, 2.75) is 25.3 Å². The Morgan fingerprint density at radius 2 is 1.90 bits per heavy atom. The van der Waals surface area contributed by atoms with E-state index in [1.165, 1.54) is 16.8 Å². The highest BCUT2D eigenvalue weighted by molar-refractivity contribution is 5.97. The molecule has 31 heavy (non-hydrogen) atoms. The van der Waals surface area contributed by atoms with Crippen LogP contribution in [0.3, 0.4) is 0 Å². The summed E-state index contributed by atoms with van der Waals surface area (Å²) in [5, 5.41) is 10.2. The Balaban J connectivity index is 1.70. The van der Waals surface area contributed by atoms with E-state index in [9.17, 15) is 14.0 Å². The molecule has 160 valence electrons. The highest BCUT2D eigenvalue weighted by Crippen LogP contribution is 2.24. The normalized spacial score (nSPS) is 16.3. The molecule has 1 aromatic heterocycles. The van der Waals surface area contributed by atoms with Crippen LogP contribution in [0.5, 0.6) is 5.75 Å². The van der Waals surface area contributed by atoms with E-state index in [1.54, 1.807) is 25.3 Å². The number of nitrogens with zero attached hydrogens (tertiary/aromatic N) is 2. The summed E-state index contributed by atoms with van der Waals surface area (Å²) in [7, 11) is 1.59. The molecule has 0 aliphatic carbocycles. The van der Waals surface area contributed by atoms with Crippen LogP contribution in [-0.4, -0.2) is 41.3 Å². The zero-order valence-corrected chi connectivity index (χ0v) is 17.1. The summed E-state index contributed by atoms with van der Waals surface area (Å²) in [4.78, 5) is 25.4. The predicted octanol–water partition coefficient (Wildman–Crippen LogP) is 3.09. The number of hydrogen-bond acceptors (Lipinski definition) is 4. The number of methoxy groups -OCH3 is 1. The molecule has 1 aliphatic heterocycles. The lowest BCUT2D eigenvalue weighted by atomic mass is 10.1. The third-order valence-electron chi connectivity index (χ3n) is 5.24. The van der Waals surface area contributed by atoms with Gasteiger partial charge in [0.1, 0.15) is 23.3 Å². The van der Waals surface area contributed by atoms with Gasteiger partial charge in [-0.15, -0.1) is 0 Å². The van der Waals surface area contributed by atoms with Crippen LogP contribution in [0, 0.1) is 5.82 Å². The first kappa shape index (κ1) is 20.6. The van der Waals surface area contributed by atoms with Gasteiger partial charge in [-0.1, -0.05) is 0 Å². The van der Waals surface area contributed by atoms with Gasteiger partial charge < -0.3 is 15.4 Å². The van der Waals surface area contributed by atoms with E-state index in [-0.39, 0.29) is 17.4 Å². The van der Waals surface area contributed by atoms with Crippen molar-refractivity contribution in [2.24, 2.45) is 0 Å². The van der Waals surface area contributed by atoms with Crippen LogP contribution in [-0.2, 0) is 4.79 Å². The van der Waals surface area contributed by atoms with E-state index < -0.39 is 11.9 Å². The van der Waals surface area contributed by atoms with Crippen LogP contribution in [0.2, 0.25) is 0 Å². The van der Waals surface area contributed by atoms with Crippen molar-refractivity contribution in [3.05, 3.63) is 66.1 Å². The van der Waals surface area contributed by atoms with Crippen molar-refractivity contribution in [1.82, 2.24) is 20.4 Å². The molecule has 4 rings (SSSR count). The minimum absolute atomic E-state index is 0.186. The fourth-order valence-electron chi connectivity index (χ4n) is 3.53. The number of benzene rings is 2. The van der Waals surface area contributed by atoms with Gasteiger partial charge in [0.25, 0.3) is 5.91 Å². The summed E-state index contributed by atoms with van der Waals surface area (Å²) >= 11 is 0. The molecule has 8 heteroatoms. The van der Waals surface area contributed by atoms with Gasteiger partial charge in [0.2, 0.25) is 5.91 Å². The monoisotopic (exact) mass is 422 g/mol. The molecule has 1 unspecified atom stereocenters. The first-order chi connectivity index (χ1) is 15.0. The SMILES string of the molecule is COc1ccc(-c2cc(C(=O)NC3CCCCNC3=O)n(-c3ccc(F)cc3)n2)cc1. The minimum Gasteiger partial charge on any atom is -0.497 e. The maximum atomic E-state index is 13.4. The predicted molar refractivity (Wildman–Crippen MR) is 114 cm³/mol. The van der Waals surface area contributed by atoms with Crippen LogP contribution >= 0.6 is 0 Å². The lowest BCUT2D eigenvalue weighted by Crippen LogP contribution is -2.45. The Hall–Kier alpha value is -3.68. The fraction of sp³-hybridized carbons (Fsp3) is 0.261. The van der Waals surface area contributed by atoms with Gasteiger partial charge in [-0.05, 0) is 73.9 Å². The van der Waals surface area contributed by atoms with Crippen LogP contribution in [0.1, 0.15) is 29.8 Å². The van der Waals surface area contributed by atoms with Gasteiger partial charge in [0, 0.05) is 12.1 Å². The summed E-state index contributed by atoms with van der Waals surface area (Å²) in [6.45, 7) is 0.611. The summed E-state index contributed by atoms with van der Waals surface area (Å²) in [6, 6.07) is 14.1. The van der Waals surface area contributed by atoms with E-state index in [4.69, 9.17) is 4.74 Å². The summed E-state index contributed by atoms with van der Waals surface area (Å²) < 4.78 is 20.1. The molecule has 1 aliphatic rings. The van der Waals surface area contributed by atoms with E-state index in [0.717, 1.165) is 18.4 Å². The topological polar surface area (TPSA) is 85.3 Å². The van der Waals surface area contributed by atoms with E-state index in [1.807, 2.05) is 24.3 Å². The molecule has 2 heterocycles. The highest BCUT2D eigenvalue weighted by Gasteiger charge is 2.25. The molecular formula is C23H23FN4O3. The molecule has 1 atom stereocenters. The number of carbonyl (C=O) groups excluding carboxylic acids is 2. The van der Waals surface area contributed by atoms with Crippen LogP contribution in [0.25, 0.3) is 16.9 Å². The third kappa shape index (κ3) is 4.58. The lowest BCUT2D eigenvalue weighted by molar-refractivity contribution is -0.122. The van der Waals surface area contributed by atoms with Gasteiger partial charge in [-0.2, -0.15) is 5.10 Å². The van der Waals surface area contributed by atoms with E-state index >= 15 is 0 Å². The van der Waals surface area contributed by atoms with Gasteiger partial charge >= 0.3 is 0 Å². The van der Waals surface area contributed by atoms with Gasteiger partial charge in [0.05, 0.1) is 18.5 Å². The Morgan fingerprint density at radius 1 is 1.16 bits per heavy atom. The number of ether oxygens (including phenoxy) is 1. The number of nitrogens with one attached hydrogen (secondary N) is 2. The Morgan fingerprint density at radius 3 is 2.61 bits per heavy atom. The average Bonchev–Trinajstić information content (AvgIpc) is 3.14. The number of hydrogen-bond donors (Lipinski definition) is 2. The molecule has 0 saturated carbocycles. The second-order valence-corrected chi connectivity index (χ2v) is 7.34. The number of halogens is 1. The van der Waals surface area contributed by atoms with Crippen molar-refractivity contribution in [3.8, 4) is 22.7 Å². The van der Waals surface area contributed by atoms with E-state index in [2.05, 4.69) is 15.7 Å². The molecule has 7 nitrogen and oxygen atoms in total. The Labute approximate surface area is 179 Å². The summed E-state index contributed by atoms with van der Waals surface area (Å²) in [6.07, 6.45) is 2.30. The first-order valence-electron chi connectivity index (χ1n) is 10.1. The molecular weight excluding hydrogens is 399 g/mol. The number of carbonyl (C=O) groups is 2. The number of aromatic nitrogens is 2. The lowest BCUT2D eigenvalue weighted by Gasteiger charge is -2.15. The molecule has 2 N–H and O–H groups in total.